The van der Waals surface area contributed by atoms with E-state index in [9.17, 15) is 9.59 Å². The van der Waals surface area contributed by atoms with Crippen LogP contribution in [0.1, 0.15) is 38.5 Å². The van der Waals surface area contributed by atoms with Gasteiger partial charge in [0.15, 0.2) is 0 Å². The molecule has 7 heteroatoms. The monoisotopic (exact) mass is 339 g/mol. The standard InChI is InChI=1S/C17H29N3O4/c1-23-14-6-4-13(5-7-14)18-17(22)20-10-8-19(9-11-20)16(21)15-3-2-12-24-15/h13-15H,2-12H2,1H3,(H,18,22). The Kier molecular flexibility index (Phi) is 5.94. The average Bonchev–Trinajstić information content (AvgIpc) is 3.16. The van der Waals surface area contributed by atoms with Crippen molar-refractivity contribution in [3.8, 4) is 0 Å². The lowest BCUT2D eigenvalue weighted by Gasteiger charge is -2.37. The third-order valence-corrected chi connectivity index (χ3v) is 5.42. The molecule has 0 aromatic carbocycles. The topological polar surface area (TPSA) is 71.1 Å². The smallest absolute Gasteiger partial charge is 0.317 e. The van der Waals surface area contributed by atoms with E-state index in [0.29, 0.717) is 38.9 Å². The predicted molar refractivity (Wildman–Crippen MR) is 88.7 cm³/mol. The second-order valence-corrected chi connectivity index (χ2v) is 6.97. The second kappa shape index (κ2) is 8.16. The lowest BCUT2D eigenvalue weighted by atomic mass is 9.93. The van der Waals surface area contributed by atoms with E-state index in [-0.39, 0.29) is 24.1 Å². The number of rotatable bonds is 3. The van der Waals surface area contributed by atoms with Gasteiger partial charge in [0.2, 0.25) is 0 Å². The van der Waals surface area contributed by atoms with E-state index in [1.807, 2.05) is 9.80 Å². The number of hydrogen-bond donors (Lipinski definition) is 1. The normalized spacial score (nSPS) is 31.1. The molecular formula is C17H29N3O4. The molecule has 1 atom stereocenters. The number of piperazine rings is 1. The van der Waals surface area contributed by atoms with Crippen molar-refractivity contribution in [2.45, 2.75) is 56.8 Å². The van der Waals surface area contributed by atoms with Crippen LogP contribution in [0.3, 0.4) is 0 Å². The van der Waals surface area contributed by atoms with Gasteiger partial charge >= 0.3 is 6.03 Å². The van der Waals surface area contributed by atoms with Crippen molar-refractivity contribution >= 4 is 11.9 Å². The summed E-state index contributed by atoms with van der Waals surface area (Å²) >= 11 is 0. The molecule has 0 spiro atoms. The van der Waals surface area contributed by atoms with Gasteiger partial charge in [0.25, 0.3) is 5.91 Å². The zero-order valence-corrected chi connectivity index (χ0v) is 14.5. The minimum Gasteiger partial charge on any atom is -0.381 e. The highest BCUT2D eigenvalue weighted by molar-refractivity contribution is 5.81. The van der Waals surface area contributed by atoms with Crippen molar-refractivity contribution in [2.75, 3.05) is 39.9 Å². The fourth-order valence-corrected chi connectivity index (χ4v) is 3.81. The zero-order chi connectivity index (χ0) is 16.9. The SMILES string of the molecule is COC1CCC(NC(=O)N2CCN(C(=O)C3CCCO3)CC2)CC1. The minimum absolute atomic E-state index is 0.0000761. The molecule has 3 rings (SSSR count). The van der Waals surface area contributed by atoms with Crippen LogP contribution in [0.15, 0.2) is 0 Å². The molecule has 0 aromatic heterocycles. The Labute approximate surface area is 143 Å². The molecule has 24 heavy (non-hydrogen) atoms. The van der Waals surface area contributed by atoms with E-state index in [1.54, 1.807) is 7.11 Å². The summed E-state index contributed by atoms with van der Waals surface area (Å²) in [7, 11) is 1.75. The number of urea groups is 1. The van der Waals surface area contributed by atoms with Crippen molar-refractivity contribution in [1.82, 2.24) is 15.1 Å². The van der Waals surface area contributed by atoms with Crippen molar-refractivity contribution in [1.29, 1.82) is 0 Å². The van der Waals surface area contributed by atoms with E-state index in [1.165, 1.54) is 0 Å². The van der Waals surface area contributed by atoms with E-state index in [2.05, 4.69) is 5.32 Å². The highest BCUT2D eigenvalue weighted by atomic mass is 16.5. The summed E-state index contributed by atoms with van der Waals surface area (Å²) in [5, 5.41) is 3.14. The van der Waals surface area contributed by atoms with Crippen molar-refractivity contribution in [2.24, 2.45) is 0 Å². The first-order valence-corrected chi connectivity index (χ1v) is 9.16. The number of carbonyl (C=O) groups excluding carboxylic acids is 2. The quantitative estimate of drug-likeness (QED) is 0.832. The lowest BCUT2D eigenvalue weighted by Crippen LogP contribution is -2.56. The molecule has 0 radical (unpaired) electrons. The second-order valence-electron chi connectivity index (χ2n) is 6.97. The Hall–Kier alpha value is -1.34. The molecule has 136 valence electrons. The first-order valence-electron chi connectivity index (χ1n) is 9.16. The van der Waals surface area contributed by atoms with Gasteiger partial charge in [-0.2, -0.15) is 0 Å². The molecule has 0 bridgehead atoms. The highest BCUT2D eigenvalue weighted by Crippen LogP contribution is 2.21. The number of carbonyl (C=O) groups is 2. The number of ether oxygens (including phenoxy) is 2. The molecule has 0 aromatic rings. The Bertz CT molecular complexity index is 437. The summed E-state index contributed by atoms with van der Waals surface area (Å²) in [6, 6.07) is 0.246. The molecular weight excluding hydrogens is 310 g/mol. The first kappa shape index (κ1) is 17.5. The maximum atomic E-state index is 12.4. The highest BCUT2D eigenvalue weighted by Gasteiger charge is 2.32. The molecule has 1 unspecified atom stereocenters. The molecule has 3 aliphatic rings. The van der Waals surface area contributed by atoms with Gasteiger partial charge in [0, 0.05) is 45.9 Å². The van der Waals surface area contributed by atoms with Crippen LogP contribution in [0.2, 0.25) is 0 Å². The van der Waals surface area contributed by atoms with Gasteiger partial charge in [-0.1, -0.05) is 0 Å². The van der Waals surface area contributed by atoms with Crippen LogP contribution in [0, 0.1) is 0 Å². The Morgan fingerprint density at radius 3 is 2.25 bits per heavy atom. The van der Waals surface area contributed by atoms with Crippen LogP contribution in [-0.4, -0.2) is 79.9 Å². The number of nitrogens with one attached hydrogen (secondary N) is 1. The summed E-state index contributed by atoms with van der Waals surface area (Å²) < 4.78 is 10.8. The van der Waals surface area contributed by atoms with Crippen LogP contribution >= 0.6 is 0 Å². The van der Waals surface area contributed by atoms with Gasteiger partial charge < -0.3 is 24.6 Å². The Morgan fingerprint density at radius 1 is 1.00 bits per heavy atom. The largest absolute Gasteiger partial charge is 0.381 e. The number of nitrogens with zero attached hydrogens (tertiary/aromatic N) is 2. The van der Waals surface area contributed by atoms with Crippen LogP contribution in [0.25, 0.3) is 0 Å². The third kappa shape index (κ3) is 4.19. The first-order chi connectivity index (χ1) is 11.7. The summed E-state index contributed by atoms with van der Waals surface area (Å²) in [5.74, 6) is 0.0884. The summed E-state index contributed by atoms with van der Waals surface area (Å²) in [6.07, 6.45) is 5.82. The summed E-state index contributed by atoms with van der Waals surface area (Å²) in [5.41, 5.74) is 0. The van der Waals surface area contributed by atoms with E-state index in [4.69, 9.17) is 9.47 Å². The fraction of sp³-hybridized carbons (Fsp3) is 0.882. The van der Waals surface area contributed by atoms with Gasteiger partial charge in [0.1, 0.15) is 6.10 Å². The number of amides is 3. The Morgan fingerprint density at radius 2 is 1.67 bits per heavy atom. The molecule has 3 amide bonds. The molecule has 1 N–H and O–H groups in total. The molecule has 2 aliphatic heterocycles. The molecule has 7 nitrogen and oxygen atoms in total. The maximum absolute atomic E-state index is 12.4. The van der Waals surface area contributed by atoms with Crippen LogP contribution in [0.5, 0.6) is 0 Å². The van der Waals surface area contributed by atoms with Crippen molar-refractivity contribution in [3.63, 3.8) is 0 Å². The summed E-state index contributed by atoms with van der Waals surface area (Å²) in [6.45, 7) is 3.07. The molecule has 1 aliphatic carbocycles. The zero-order valence-electron chi connectivity index (χ0n) is 14.5. The third-order valence-electron chi connectivity index (χ3n) is 5.42. The van der Waals surface area contributed by atoms with E-state index in [0.717, 1.165) is 38.5 Å². The average molecular weight is 339 g/mol. The van der Waals surface area contributed by atoms with Crippen LogP contribution < -0.4 is 5.32 Å². The fourth-order valence-electron chi connectivity index (χ4n) is 3.81. The van der Waals surface area contributed by atoms with Gasteiger partial charge in [-0.3, -0.25) is 4.79 Å². The predicted octanol–water partition coefficient (Wildman–Crippen LogP) is 0.977. The van der Waals surface area contributed by atoms with Gasteiger partial charge in [-0.05, 0) is 38.5 Å². The number of hydrogen-bond acceptors (Lipinski definition) is 4. The molecule has 1 saturated carbocycles. The van der Waals surface area contributed by atoms with E-state index < -0.39 is 0 Å². The van der Waals surface area contributed by atoms with Crippen LogP contribution in [-0.2, 0) is 14.3 Å². The molecule has 2 saturated heterocycles. The minimum atomic E-state index is -0.263. The molecule has 2 heterocycles. The van der Waals surface area contributed by atoms with Crippen LogP contribution in [0.4, 0.5) is 4.79 Å². The van der Waals surface area contributed by atoms with Crippen molar-refractivity contribution < 1.29 is 19.1 Å². The summed E-state index contributed by atoms with van der Waals surface area (Å²) in [4.78, 5) is 28.4. The Balaban J connectivity index is 1.39. The van der Waals surface area contributed by atoms with Crippen molar-refractivity contribution in [3.05, 3.63) is 0 Å². The maximum Gasteiger partial charge on any atom is 0.317 e. The number of methoxy groups -OCH3 is 1. The molecule has 3 fully saturated rings. The van der Waals surface area contributed by atoms with E-state index >= 15 is 0 Å². The van der Waals surface area contributed by atoms with Gasteiger partial charge in [-0.15, -0.1) is 0 Å². The lowest BCUT2D eigenvalue weighted by molar-refractivity contribution is -0.142. The van der Waals surface area contributed by atoms with Gasteiger partial charge in [-0.25, -0.2) is 4.79 Å². The van der Waals surface area contributed by atoms with Gasteiger partial charge in [0.05, 0.1) is 6.10 Å².